The molecule has 0 amide bonds. The minimum Gasteiger partial charge on any atom is -0.332 e. The number of benzene rings is 2. The van der Waals surface area contributed by atoms with Gasteiger partial charge in [0.15, 0.2) is 0 Å². The predicted molar refractivity (Wildman–Crippen MR) is 65.9 cm³/mol. The summed E-state index contributed by atoms with van der Waals surface area (Å²) in [6, 6.07) is 19.8. The Bertz CT molecular complexity index is 532. The fourth-order valence-electron chi connectivity index (χ4n) is 2.11. The van der Waals surface area contributed by atoms with E-state index in [9.17, 15) is 0 Å². The van der Waals surface area contributed by atoms with Gasteiger partial charge in [0.1, 0.15) is 0 Å². The zero-order chi connectivity index (χ0) is 10.8. The molecule has 2 aromatic rings. The van der Waals surface area contributed by atoms with Gasteiger partial charge in [0.05, 0.1) is 0 Å². The number of aliphatic imine (C=N–C) groups is 1. The summed E-state index contributed by atoms with van der Waals surface area (Å²) in [7, 11) is 0. The van der Waals surface area contributed by atoms with Crippen molar-refractivity contribution in [3.8, 4) is 0 Å². The summed E-state index contributed by atoms with van der Waals surface area (Å²) in [5.74, 6) is 0. The molecule has 1 nitrogen and oxygen atoms in total. The minimum atomic E-state index is 0. The molecule has 17 heavy (non-hydrogen) atoms. The van der Waals surface area contributed by atoms with E-state index in [-0.39, 0.29) is 20.1 Å². The van der Waals surface area contributed by atoms with Crippen molar-refractivity contribution in [2.24, 2.45) is 4.99 Å². The topological polar surface area (TPSA) is 12.4 Å². The molecule has 1 radical (unpaired) electrons. The summed E-state index contributed by atoms with van der Waals surface area (Å²) in [6.07, 6.45) is 1.05. The van der Waals surface area contributed by atoms with Crippen molar-refractivity contribution >= 4 is 5.71 Å². The van der Waals surface area contributed by atoms with E-state index in [1.54, 1.807) is 0 Å². The summed E-state index contributed by atoms with van der Waals surface area (Å²) in [6.45, 7) is 0.884. The van der Waals surface area contributed by atoms with Gasteiger partial charge in [0, 0.05) is 26.7 Å². The summed E-state index contributed by atoms with van der Waals surface area (Å²) in [5, 5.41) is 0. The normalized spacial score (nSPS) is 13.3. The summed E-state index contributed by atoms with van der Waals surface area (Å²) in [5.41, 5.74) is 4.83. The maximum absolute atomic E-state index is 4.63. The number of hydrogen-bond donors (Lipinski definition) is 0. The van der Waals surface area contributed by atoms with Gasteiger partial charge in [-0.05, 0) is 23.3 Å². The molecule has 0 bridgehead atoms. The second-order valence-corrected chi connectivity index (χ2v) is 3.91. The van der Waals surface area contributed by atoms with Crippen molar-refractivity contribution in [1.29, 1.82) is 0 Å². The first kappa shape index (κ1) is 12.2. The maximum Gasteiger partial charge on any atom is 0.0329 e. The van der Waals surface area contributed by atoms with Crippen molar-refractivity contribution < 1.29 is 20.1 Å². The molecular weight excluding hydrogens is 386 g/mol. The van der Waals surface area contributed by atoms with Gasteiger partial charge in [-0.3, -0.25) is 0 Å². The largest absolute Gasteiger partial charge is 0.332 e. The van der Waals surface area contributed by atoms with Crippen molar-refractivity contribution in [3.05, 3.63) is 71.3 Å². The Labute approximate surface area is 115 Å². The van der Waals surface area contributed by atoms with Crippen LogP contribution in [0.1, 0.15) is 16.7 Å². The molecule has 0 spiro atoms. The van der Waals surface area contributed by atoms with Crippen LogP contribution in [-0.2, 0) is 26.5 Å². The predicted octanol–water partition coefficient (Wildman–Crippen LogP) is 2.88. The van der Waals surface area contributed by atoms with Gasteiger partial charge in [-0.15, -0.1) is 35.9 Å². The van der Waals surface area contributed by atoms with E-state index in [4.69, 9.17) is 0 Å². The summed E-state index contributed by atoms with van der Waals surface area (Å²) < 4.78 is 0. The first-order valence-electron chi connectivity index (χ1n) is 5.55. The molecule has 1 heterocycles. The van der Waals surface area contributed by atoms with Gasteiger partial charge in [0.25, 0.3) is 0 Å². The fourth-order valence-corrected chi connectivity index (χ4v) is 2.11. The molecule has 0 atom stereocenters. The quantitative estimate of drug-likeness (QED) is 0.655. The number of rotatable bonds is 1. The van der Waals surface area contributed by atoms with Gasteiger partial charge in [0.2, 0.25) is 0 Å². The van der Waals surface area contributed by atoms with Crippen LogP contribution in [0.3, 0.4) is 0 Å². The van der Waals surface area contributed by atoms with E-state index in [2.05, 4.69) is 41.4 Å². The zero-order valence-corrected chi connectivity index (χ0v) is 11.7. The van der Waals surface area contributed by atoms with E-state index in [1.165, 1.54) is 11.1 Å². The Balaban J connectivity index is 0.00000108. The molecule has 2 aromatic carbocycles. The van der Waals surface area contributed by atoms with Crippen LogP contribution in [0.5, 0.6) is 0 Å². The fraction of sp³-hybridized carbons (Fsp3) is 0.133. The van der Waals surface area contributed by atoms with Crippen LogP contribution in [0, 0.1) is 6.07 Å². The van der Waals surface area contributed by atoms with Crippen LogP contribution >= 0.6 is 0 Å². The second kappa shape index (κ2) is 5.39. The zero-order valence-electron chi connectivity index (χ0n) is 9.31. The molecule has 0 saturated carbocycles. The third-order valence-electron chi connectivity index (χ3n) is 2.89. The number of hydrogen-bond acceptors (Lipinski definition) is 1. The molecule has 0 fully saturated rings. The van der Waals surface area contributed by atoms with Crippen LogP contribution in [0.4, 0.5) is 0 Å². The van der Waals surface area contributed by atoms with Gasteiger partial charge in [-0.25, -0.2) is 0 Å². The molecule has 0 saturated heterocycles. The van der Waals surface area contributed by atoms with Crippen molar-refractivity contribution in [2.75, 3.05) is 6.54 Å². The molecule has 0 N–H and O–H groups in total. The SMILES string of the molecule is [Ir].[c-]1ccccc1C1=NCCc2ccccc21. The standard InChI is InChI=1S/C15H12N.Ir/c1-2-7-13(8-3-1)15-14-9-5-4-6-12(14)10-11-16-15;/h1-7,9H,10-11H2;/q-1;. The molecule has 1 aliphatic heterocycles. The van der Waals surface area contributed by atoms with E-state index >= 15 is 0 Å². The van der Waals surface area contributed by atoms with E-state index in [0.29, 0.717) is 0 Å². The molecule has 0 aromatic heterocycles. The van der Waals surface area contributed by atoms with Gasteiger partial charge >= 0.3 is 0 Å². The van der Waals surface area contributed by atoms with Gasteiger partial charge in [-0.2, -0.15) is 0 Å². The summed E-state index contributed by atoms with van der Waals surface area (Å²) in [4.78, 5) is 4.63. The molecule has 87 valence electrons. The van der Waals surface area contributed by atoms with Crippen LogP contribution in [0.15, 0.2) is 53.5 Å². The maximum atomic E-state index is 4.63. The Morgan fingerprint density at radius 1 is 1.00 bits per heavy atom. The smallest absolute Gasteiger partial charge is 0.0329 e. The van der Waals surface area contributed by atoms with Gasteiger partial charge in [-0.1, -0.05) is 24.3 Å². The van der Waals surface area contributed by atoms with E-state index in [0.717, 1.165) is 24.2 Å². The van der Waals surface area contributed by atoms with Crippen molar-refractivity contribution in [3.63, 3.8) is 0 Å². The van der Waals surface area contributed by atoms with Crippen LogP contribution in [-0.4, -0.2) is 12.3 Å². The average molecular weight is 398 g/mol. The Morgan fingerprint density at radius 3 is 2.65 bits per heavy atom. The third kappa shape index (κ3) is 2.38. The first-order valence-corrected chi connectivity index (χ1v) is 5.55. The summed E-state index contributed by atoms with van der Waals surface area (Å²) >= 11 is 0. The molecule has 0 unspecified atom stereocenters. The minimum absolute atomic E-state index is 0. The van der Waals surface area contributed by atoms with Crippen molar-refractivity contribution in [2.45, 2.75) is 6.42 Å². The van der Waals surface area contributed by atoms with E-state index in [1.807, 2.05) is 18.2 Å². The van der Waals surface area contributed by atoms with Crippen LogP contribution < -0.4 is 0 Å². The molecule has 1 aliphatic rings. The molecule has 3 rings (SSSR count). The van der Waals surface area contributed by atoms with E-state index < -0.39 is 0 Å². The Hall–Kier alpha value is -1.24. The third-order valence-corrected chi connectivity index (χ3v) is 2.89. The Kier molecular flexibility index (Phi) is 3.88. The number of fused-ring (bicyclic) bond motifs is 1. The number of nitrogens with zero attached hydrogens (tertiary/aromatic N) is 1. The Morgan fingerprint density at radius 2 is 1.82 bits per heavy atom. The molecule has 0 aliphatic carbocycles. The van der Waals surface area contributed by atoms with Gasteiger partial charge < -0.3 is 4.99 Å². The van der Waals surface area contributed by atoms with Crippen LogP contribution in [0.2, 0.25) is 0 Å². The molecule has 2 heteroatoms. The monoisotopic (exact) mass is 399 g/mol. The average Bonchev–Trinajstić information content (AvgIpc) is 2.39. The first-order chi connectivity index (χ1) is 7.95. The second-order valence-electron chi connectivity index (χ2n) is 3.91. The molecular formula is C15H12IrN-. The van der Waals surface area contributed by atoms with Crippen molar-refractivity contribution in [1.82, 2.24) is 0 Å². The van der Waals surface area contributed by atoms with Crippen LogP contribution in [0.25, 0.3) is 0 Å².